The highest BCUT2D eigenvalue weighted by atomic mass is 32.2. The van der Waals surface area contributed by atoms with Gasteiger partial charge in [-0.05, 0) is 31.6 Å². The Hall–Kier alpha value is -1.56. The minimum Gasteiger partial charge on any atom is -0.342 e. The summed E-state index contributed by atoms with van der Waals surface area (Å²) in [5.74, 6) is 0.776. The van der Waals surface area contributed by atoms with E-state index in [9.17, 15) is 14.0 Å². The van der Waals surface area contributed by atoms with Crippen LogP contribution in [0, 0.1) is 11.2 Å². The molecule has 0 aliphatic carbocycles. The zero-order valence-corrected chi connectivity index (χ0v) is 15.5. The molecule has 0 radical (unpaired) electrons. The predicted molar refractivity (Wildman–Crippen MR) is 97.7 cm³/mol. The van der Waals surface area contributed by atoms with Crippen molar-refractivity contribution in [3.63, 3.8) is 0 Å². The van der Waals surface area contributed by atoms with Gasteiger partial charge in [0.1, 0.15) is 5.82 Å². The second-order valence-corrected chi connectivity index (χ2v) is 8.00. The molecule has 2 aliphatic rings. The van der Waals surface area contributed by atoms with Crippen LogP contribution in [0.4, 0.5) is 4.39 Å². The SMILES string of the molecule is CSCCC(=O)N1CCC2(CCCN(Cc3ccccc3F)C2=O)C1. The number of benzene rings is 1. The molecule has 0 bridgehead atoms. The summed E-state index contributed by atoms with van der Waals surface area (Å²) in [4.78, 5) is 29.0. The van der Waals surface area contributed by atoms with E-state index in [1.54, 1.807) is 34.9 Å². The third-order valence-corrected chi connectivity index (χ3v) is 5.98. The summed E-state index contributed by atoms with van der Waals surface area (Å²) in [5.41, 5.74) is 0.0946. The van der Waals surface area contributed by atoms with Crippen molar-refractivity contribution in [3.8, 4) is 0 Å². The van der Waals surface area contributed by atoms with Gasteiger partial charge >= 0.3 is 0 Å². The van der Waals surface area contributed by atoms with Crippen molar-refractivity contribution in [1.82, 2.24) is 9.80 Å². The summed E-state index contributed by atoms with van der Waals surface area (Å²) in [6.07, 6.45) is 4.98. The van der Waals surface area contributed by atoms with Crippen molar-refractivity contribution in [3.05, 3.63) is 35.6 Å². The second-order valence-electron chi connectivity index (χ2n) is 7.01. The fraction of sp³-hybridized carbons (Fsp3) is 0.579. The van der Waals surface area contributed by atoms with E-state index < -0.39 is 5.41 Å². The minimum atomic E-state index is -0.460. The maximum absolute atomic E-state index is 13.9. The van der Waals surface area contributed by atoms with Gasteiger partial charge in [0.2, 0.25) is 11.8 Å². The Bertz CT molecular complexity index is 654. The molecule has 0 N–H and O–H groups in total. The first-order valence-corrected chi connectivity index (χ1v) is 10.2. The summed E-state index contributed by atoms with van der Waals surface area (Å²) in [6, 6.07) is 6.62. The molecule has 1 aromatic rings. The molecule has 25 heavy (non-hydrogen) atoms. The molecule has 0 aromatic heterocycles. The Morgan fingerprint density at radius 1 is 1.28 bits per heavy atom. The van der Waals surface area contributed by atoms with Crippen LogP contribution >= 0.6 is 11.8 Å². The van der Waals surface area contributed by atoms with Crippen molar-refractivity contribution < 1.29 is 14.0 Å². The molecule has 2 heterocycles. The Balaban J connectivity index is 1.68. The fourth-order valence-corrected chi connectivity index (χ4v) is 4.33. The Morgan fingerprint density at radius 2 is 2.08 bits per heavy atom. The van der Waals surface area contributed by atoms with Gasteiger partial charge in [0.05, 0.1) is 5.41 Å². The van der Waals surface area contributed by atoms with Crippen LogP contribution in [0.3, 0.4) is 0 Å². The van der Waals surface area contributed by atoms with E-state index in [0.29, 0.717) is 38.2 Å². The zero-order valence-electron chi connectivity index (χ0n) is 14.7. The van der Waals surface area contributed by atoms with Gasteiger partial charge in [-0.25, -0.2) is 4.39 Å². The van der Waals surface area contributed by atoms with Crippen molar-refractivity contribution in [2.45, 2.75) is 32.2 Å². The summed E-state index contributed by atoms with van der Waals surface area (Å²) in [7, 11) is 0. The number of amides is 2. The number of carbonyl (C=O) groups is 2. The molecule has 1 atom stereocenters. The van der Waals surface area contributed by atoms with Gasteiger partial charge < -0.3 is 9.80 Å². The van der Waals surface area contributed by atoms with Crippen LogP contribution < -0.4 is 0 Å². The third-order valence-electron chi connectivity index (χ3n) is 5.37. The standard InChI is InChI=1S/C19H25FN2O2S/c1-25-12-7-17(23)22-11-9-19(14-22)8-4-10-21(18(19)24)13-15-5-2-3-6-16(15)20/h2-3,5-6H,4,7-14H2,1H3. The first kappa shape index (κ1) is 18.2. The van der Waals surface area contributed by atoms with E-state index in [1.807, 2.05) is 11.2 Å². The van der Waals surface area contributed by atoms with E-state index in [-0.39, 0.29) is 17.6 Å². The fourth-order valence-electron chi connectivity index (χ4n) is 3.95. The number of hydrogen-bond donors (Lipinski definition) is 0. The summed E-state index contributed by atoms with van der Waals surface area (Å²) < 4.78 is 13.9. The Kier molecular flexibility index (Phi) is 5.67. The zero-order chi connectivity index (χ0) is 17.9. The molecule has 2 amide bonds. The lowest BCUT2D eigenvalue weighted by atomic mass is 9.78. The predicted octanol–water partition coefficient (Wildman–Crippen LogP) is 2.92. The van der Waals surface area contributed by atoms with Crippen molar-refractivity contribution in [1.29, 1.82) is 0 Å². The minimum absolute atomic E-state index is 0.0853. The monoisotopic (exact) mass is 364 g/mol. The van der Waals surface area contributed by atoms with Crippen LogP contribution in [-0.2, 0) is 16.1 Å². The van der Waals surface area contributed by atoms with Gasteiger partial charge in [-0.15, -0.1) is 0 Å². The lowest BCUT2D eigenvalue weighted by Crippen LogP contribution is -2.50. The lowest BCUT2D eigenvalue weighted by Gasteiger charge is -2.39. The Morgan fingerprint density at radius 3 is 2.84 bits per heavy atom. The van der Waals surface area contributed by atoms with Gasteiger partial charge in [0, 0.05) is 43.9 Å². The topological polar surface area (TPSA) is 40.6 Å². The molecule has 1 unspecified atom stereocenters. The van der Waals surface area contributed by atoms with E-state index in [1.165, 1.54) is 6.07 Å². The first-order chi connectivity index (χ1) is 12.1. The van der Waals surface area contributed by atoms with E-state index in [0.717, 1.165) is 25.0 Å². The van der Waals surface area contributed by atoms with Crippen LogP contribution in [0.5, 0.6) is 0 Å². The van der Waals surface area contributed by atoms with Crippen molar-refractivity contribution >= 4 is 23.6 Å². The number of halogens is 1. The molecule has 4 nitrogen and oxygen atoms in total. The number of nitrogens with zero attached hydrogens (tertiary/aromatic N) is 2. The van der Waals surface area contributed by atoms with E-state index in [4.69, 9.17) is 0 Å². The van der Waals surface area contributed by atoms with Crippen LogP contribution in [-0.4, -0.2) is 53.3 Å². The Labute approximate surface area is 152 Å². The molecule has 1 aromatic carbocycles. The van der Waals surface area contributed by atoms with Gasteiger partial charge in [0.15, 0.2) is 0 Å². The molecule has 3 rings (SSSR count). The number of rotatable bonds is 5. The molecule has 0 saturated carbocycles. The highest BCUT2D eigenvalue weighted by Gasteiger charge is 2.49. The number of carbonyl (C=O) groups excluding carboxylic acids is 2. The second kappa shape index (κ2) is 7.77. The largest absolute Gasteiger partial charge is 0.342 e. The molecule has 6 heteroatoms. The molecule has 1 spiro atoms. The molecule has 2 aliphatic heterocycles. The normalized spacial score (nSPS) is 23.5. The van der Waals surface area contributed by atoms with Gasteiger partial charge in [-0.3, -0.25) is 9.59 Å². The molecular formula is C19H25FN2O2S. The number of likely N-dealkylation sites (tertiary alicyclic amines) is 2. The number of piperidine rings is 1. The maximum atomic E-state index is 13.9. The average molecular weight is 364 g/mol. The van der Waals surface area contributed by atoms with E-state index >= 15 is 0 Å². The average Bonchev–Trinajstić information content (AvgIpc) is 3.04. The molecular weight excluding hydrogens is 339 g/mol. The lowest BCUT2D eigenvalue weighted by molar-refractivity contribution is -0.146. The molecule has 136 valence electrons. The number of thioether (sulfide) groups is 1. The van der Waals surface area contributed by atoms with Gasteiger partial charge in [-0.1, -0.05) is 18.2 Å². The maximum Gasteiger partial charge on any atom is 0.230 e. The summed E-state index contributed by atoms with van der Waals surface area (Å²) in [6.45, 7) is 2.16. The third kappa shape index (κ3) is 3.84. The summed E-state index contributed by atoms with van der Waals surface area (Å²) in [5, 5.41) is 0. The van der Waals surface area contributed by atoms with Gasteiger partial charge in [0.25, 0.3) is 0 Å². The molecule has 2 fully saturated rings. The highest BCUT2D eigenvalue weighted by molar-refractivity contribution is 7.98. The van der Waals surface area contributed by atoms with Crippen LogP contribution in [0.15, 0.2) is 24.3 Å². The first-order valence-electron chi connectivity index (χ1n) is 8.85. The summed E-state index contributed by atoms with van der Waals surface area (Å²) >= 11 is 1.66. The number of hydrogen-bond acceptors (Lipinski definition) is 3. The van der Waals surface area contributed by atoms with E-state index in [2.05, 4.69) is 0 Å². The molecule has 2 saturated heterocycles. The van der Waals surface area contributed by atoms with Crippen LogP contribution in [0.25, 0.3) is 0 Å². The van der Waals surface area contributed by atoms with Crippen molar-refractivity contribution in [2.24, 2.45) is 5.41 Å². The van der Waals surface area contributed by atoms with Crippen molar-refractivity contribution in [2.75, 3.05) is 31.6 Å². The highest BCUT2D eigenvalue weighted by Crippen LogP contribution is 2.40. The van der Waals surface area contributed by atoms with Gasteiger partial charge in [-0.2, -0.15) is 11.8 Å². The smallest absolute Gasteiger partial charge is 0.230 e. The quantitative estimate of drug-likeness (QED) is 0.807. The van der Waals surface area contributed by atoms with Crippen LogP contribution in [0.2, 0.25) is 0 Å². The van der Waals surface area contributed by atoms with Crippen LogP contribution in [0.1, 0.15) is 31.2 Å².